The van der Waals surface area contributed by atoms with Crippen LogP contribution >= 0.6 is 0 Å². The number of piperidine rings is 1. The van der Waals surface area contributed by atoms with E-state index in [2.05, 4.69) is 5.32 Å². The zero-order chi connectivity index (χ0) is 29.5. The van der Waals surface area contributed by atoms with Gasteiger partial charge in [0.2, 0.25) is 5.91 Å². The van der Waals surface area contributed by atoms with Gasteiger partial charge in [-0.1, -0.05) is 54.6 Å². The molecule has 0 aliphatic carbocycles. The first-order chi connectivity index (χ1) is 18.7. The molecule has 1 unspecified atom stereocenters. The highest BCUT2D eigenvalue weighted by Gasteiger charge is 2.38. The van der Waals surface area contributed by atoms with E-state index in [1.165, 1.54) is 0 Å². The monoisotopic (exact) mass is 546 g/mol. The van der Waals surface area contributed by atoms with Crippen molar-refractivity contribution in [1.82, 2.24) is 10.2 Å². The minimum absolute atomic E-state index is 0.0693. The molecule has 3 rings (SSSR count). The largest absolute Gasteiger partial charge is 0.460 e. The molecule has 0 bridgehead atoms. The van der Waals surface area contributed by atoms with Crippen LogP contribution in [-0.4, -0.2) is 52.7 Å². The van der Waals surface area contributed by atoms with Gasteiger partial charge in [-0.25, -0.2) is 0 Å². The zero-order valence-corrected chi connectivity index (χ0v) is 24.2. The average Bonchev–Trinajstić information content (AvgIpc) is 2.88. The molecule has 8 heteroatoms. The van der Waals surface area contributed by atoms with Crippen molar-refractivity contribution in [2.75, 3.05) is 13.1 Å². The van der Waals surface area contributed by atoms with Crippen molar-refractivity contribution in [3.05, 3.63) is 77.4 Å². The van der Waals surface area contributed by atoms with Crippen LogP contribution < -0.4 is 11.1 Å². The summed E-state index contributed by atoms with van der Waals surface area (Å²) in [7, 11) is 0. The Labute approximate surface area is 237 Å². The molecule has 2 amide bonds. The SMILES string of the molecule is CC(C)(C)OC(=O)CC1CCN(C(=O)C(C=Cc2ccccc2)C(C)(C)NC(=O)c2ccc(C(=N)N)cc2)CC1. The number of amides is 2. The van der Waals surface area contributed by atoms with Gasteiger partial charge in [-0.15, -0.1) is 0 Å². The smallest absolute Gasteiger partial charge is 0.306 e. The van der Waals surface area contributed by atoms with Crippen LogP contribution in [0.3, 0.4) is 0 Å². The van der Waals surface area contributed by atoms with Crippen LogP contribution in [0.2, 0.25) is 0 Å². The first-order valence-electron chi connectivity index (χ1n) is 13.8. The van der Waals surface area contributed by atoms with Gasteiger partial charge >= 0.3 is 5.97 Å². The molecule has 0 radical (unpaired) electrons. The number of ether oxygens (including phenoxy) is 1. The molecule has 1 aliphatic rings. The fourth-order valence-corrected chi connectivity index (χ4v) is 4.82. The van der Waals surface area contributed by atoms with Crippen molar-refractivity contribution in [3.63, 3.8) is 0 Å². The highest BCUT2D eigenvalue weighted by Crippen LogP contribution is 2.28. The highest BCUT2D eigenvalue weighted by atomic mass is 16.6. The maximum atomic E-state index is 13.9. The first-order valence-corrected chi connectivity index (χ1v) is 13.8. The lowest BCUT2D eigenvalue weighted by molar-refractivity contribution is -0.156. The number of carbonyl (C=O) groups excluding carboxylic acids is 3. The van der Waals surface area contributed by atoms with Crippen molar-refractivity contribution < 1.29 is 19.1 Å². The molecule has 0 saturated carbocycles. The maximum absolute atomic E-state index is 13.9. The van der Waals surface area contributed by atoms with Crippen LogP contribution in [0.1, 0.15) is 75.4 Å². The second-order valence-electron chi connectivity index (χ2n) is 12.0. The molecular formula is C32H42N4O4. The minimum Gasteiger partial charge on any atom is -0.460 e. The lowest BCUT2D eigenvalue weighted by Crippen LogP contribution is -2.55. The fourth-order valence-electron chi connectivity index (χ4n) is 4.82. The van der Waals surface area contributed by atoms with Crippen LogP contribution in [0.15, 0.2) is 60.7 Å². The predicted molar refractivity (Wildman–Crippen MR) is 158 cm³/mol. The number of nitrogens with zero attached hydrogens (tertiary/aromatic N) is 1. The summed E-state index contributed by atoms with van der Waals surface area (Å²) < 4.78 is 5.48. The second kappa shape index (κ2) is 12.9. The fraction of sp³-hybridized carbons (Fsp3) is 0.438. The Balaban J connectivity index is 1.74. The first kappa shape index (κ1) is 30.6. The summed E-state index contributed by atoms with van der Waals surface area (Å²) in [5.41, 5.74) is 6.01. The van der Waals surface area contributed by atoms with Crippen molar-refractivity contribution in [2.24, 2.45) is 17.6 Å². The summed E-state index contributed by atoms with van der Waals surface area (Å²) in [6.45, 7) is 10.4. The third-order valence-corrected chi connectivity index (χ3v) is 7.02. The Hall–Kier alpha value is -3.94. The van der Waals surface area contributed by atoms with Gasteiger partial charge in [-0.3, -0.25) is 19.8 Å². The van der Waals surface area contributed by atoms with E-state index < -0.39 is 17.1 Å². The predicted octanol–water partition coefficient (Wildman–Crippen LogP) is 4.78. The number of nitrogen functional groups attached to an aromatic ring is 1. The third kappa shape index (κ3) is 8.79. The summed E-state index contributed by atoms with van der Waals surface area (Å²) in [5, 5.41) is 10.6. The lowest BCUT2D eigenvalue weighted by atomic mass is 9.83. The molecule has 2 aromatic rings. The summed E-state index contributed by atoms with van der Waals surface area (Å²) in [4.78, 5) is 41.2. The molecule has 40 heavy (non-hydrogen) atoms. The molecule has 4 N–H and O–H groups in total. The van der Waals surface area contributed by atoms with Crippen LogP contribution in [0.5, 0.6) is 0 Å². The van der Waals surface area contributed by atoms with E-state index in [9.17, 15) is 14.4 Å². The van der Waals surface area contributed by atoms with Crippen LogP contribution in [0, 0.1) is 17.2 Å². The Morgan fingerprint density at radius 1 is 1.00 bits per heavy atom. The molecule has 1 heterocycles. The molecule has 1 fully saturated rings. The van der Waals surface area contributed by atoms with Gasteiger partial charge in [0, 0.05) is 36.2 Å². The molecule has 0 spiro atoms. The number of carbonyl (C=O) groups is 3. The van der Waals surface area contributed by atoms with Gasteiger partial charge in [0.1, 0.15) is 11.4 Å². The van der Waals surface area contributed by atoms with Crippen LogP contribution in [0.4, 0.5) is 0 Å². The number of hydrogen-bond donors (Lipinski definition) is 3. The van der Waals surface area contributed by atoms with Gasteiger partial charge in [-0.2, -0.15) is 0 Å². The van der Waals surface area contributed by atoms with Crippen molar-refractivity contribution in [1.29, 1.82) is 5.41 Å². The number of benzene rings is 2. The number of esters is 1. The summed E-state index contributed by atoms with van der Waals surface area (Å²) in [6.07, 6.45) is 5.56. The summed E-state index contributed by atoms with van der Waals surface area (Å²) in [5.74, 6) is -1.12. The highest BCUT2D eigenvalue weighted by molar-refractivity contribution is 5.98. The molecule has 2 aromatic carbocycles. The van der Waals surface area contributed by atoms with Crippen LogP contribution in [-0.2, 0) is 14.3 Å². The van der Waals surface area contributed by atoms with E-state index in [0.29, 0.717) is 30.6 Å². The maximum Gasteiger partial charge on any atom is 0.306 e. The lowest BCUT2D eigenvalue weighted by Gasteiger charge is -2.39. The van der Waals surface area contributed by atoms with E-state index >= 15 is 0 Å². The van der Waals surface area contributed by atoms with Crippen molar-refractivity contribution in [2.45, 2.75) is 65.0 Å². The number of nitrogens with two attached hydrogens (primary N) is 1. The number of likely N-dealkylation sites (tertiary alicyclic amines) is 1. The van der Waals surface area contributed by atoms with Crippen molar-refractivity contribution >= 4 is 29.7 Å². The molecule has 1 atom stereocenters. The van der Waals surface area contributed by atoms with E-state index in [4.69, 9.17) is 15.9 Å². The molecule has 214 valence electrons. The van der Waals surface area contributed by atoms with Gasteiger partial charge in [0.25, 0.3) is 5.91 Å². The zero-order valence-electron chi connectivity index (χ0n) is 24.2. The van der Waals surface area contributed by atoms with E-state index in [1.54, 1.807) is 24.3 Å². The Morgan fingerprint density at radius 2 is 1.57 bits per heavy atom. The van der Waals surface area contributed by atoms with Gasteiger partial charge in [0.15, 0.2) is 0 Å². The molecule has 0 aromatic heterocycles. The molecule has 1 saturated heterocycles. The summed E-state index contributed by atoms with van der Waals surface area (Å²) in [6, 6.07) is 16.2. The number of amidine groups is 1. The number of nitrogens with one attached hydrogen (secondary N) is 2. The standard InChI is InChI=1S/C32H42N4O4/c1-31(2,3)40-27(37)21-23-17-19-36(20-18-23)30(39)26(16-11-22-9-7-6-8-10-22)32(4,5)35-29(38)25-14-12-24(13-15-25)28(33)34/h6-16,23,26H,17-21H2,1-5H3,(H3,33,34)(H,35,38). The second-order valence-corrected chi connectivity index (χ2v) is 12.0. The third-order valence-electron chi connectivity index (χ3n) is 7.02. The normalized spacial score (nSPS) is 15.5. The van der Waals surface area contributed by atoms with E-state index in [0.717, 1.165) is 18.4 Å². The van der Waals surface area contributed by atoms with Gasteiger partial charge in [-0.05, 0) is 71.1 Å². The Bertz CT molecular complexity index is 1220. The number of hydrogen-bond acceptors (Lipinski definition) is 5. The quantitative estimate of drug-likeness (QED) is 0.237. The number of rotatable bonds is 9. The van der Waals surface area contributed by atoms with Gasteiger partial charge < -0.3 is 20.7 Å². The molecular weight excluding hydrogens is 504 g/mol. The molecule has 1 aliphatic heterocycles. The minimum atomic E-state index is -0.911. The Kier molecular flexibility index (Phi) is 9.90. The van der Waals surface area contributed by atoms with E-state index in [1.807, 2.05) is 82.0 Å². The van der Waals surface area contributed by atoms with Crippen molar-refractivity contribution in [3.8, 4) is 0 Å². The summed E-state index contributed by atoms with van der Waals surface area (Å²) >= 11 is 0. The van der Waals surface area contributed by atoms with E-state index in [-0.39, 0.29) is 29.5 Å². The average molecular weight is 547 g/mol. The molecule has 8 nitrogen and oxygen atoms in total. The topological polar surface area (TPSA) is 126 Å². The van der Waals surface area contributed by atoms with Crippen LogP contribution in [0.25, 0.3) is 6.08 Å². The van der Waals surface area contributed by atoms with Gasteiger partial charge in [0.05, 0.1) is 5.92 Å². The Morgan fingerprint density at radius 3 is 2.12 bits per heavy atom.